The first-order valence-electron chi connectivity index (χ1n) is 5.65. The molecule has 0 heterocycles. The SMILES string of the molecule is CCC(C)(O)COc1ccc([C@H](C)N)cc1. The van der Waals surface area contributed by atoms with Gasteiger partial charge in [0.25, 0.3) is 0 Å². The highest BCUT2D eigenvalue weighted by Gasteiger charge is 2.18. The average molecular weight is 223 g/mol. The molecule has 3 nitrogen and oxygen atoms in total. The highest BCUT2D eigenvalue weighted by Crippen LogP contribution is 2.18. The lowest BCUT2D eigenvalue weighted by molar-refractivity contribution is 0.00846. The van der Waals surface area contributed by atoms with Gasteiger partial charge in [-0.1, -0.05) is 19.1 Å². The van der Waals surface area contributed by atoms with Crippen molar-refractivity contribution in [3.8, 4) is 5.75 Å². The van der Waals surface area contributed by atoms with Gasteiger partial charge < -0.3 is 15.6 Å². The molecule has 0 fully saturated rings. The summed E-state index contributed by atoms with van der Waals surface area (Å²) in [5.74, 6) is 0.762. The Labute approximate surface area is 97.2 Å². The van der Waals surface area contributed by atoms with Crippen molar-refractivity contribution in [2.45, 2.75) is 38.8 Å². The molecule has 0 aliphatic rings. The van der Waals surface area contributed by atoms with E-state index in [9.17, 15) is 5.11 Å². The molecule has 1 unspecified atom stereocenters. The summed E-state index contributed by atoms with van der Waals surface area (Å²) < 4.78 is 5.51. The number of nitrogens with two attached hydrogens (primary N) is 1. The summed E-state index contributed by atoms with van der Waals surface area (Å²) in [5.41, 5.74) is 6.06. The van der Waals surface area contributed by atoms with Crippen LogP contribution in [0.1, 0.15) is 38.8 Å². The van der Waals surface area contributed by atoms with Crippen molar-refractivity contribution in [3.63, 3.8) is 0 Å². The van der Waals surface area contributed by atoms with Crippen molar-refractivity contribution in [1.29, 1.82) is 0 Å². The lowest BCUT2D eigenvalue weighted by atomic mass is 10.1. The molecule has 0 saturated carbocycles. The molecule has 0 aliphatic carbocycles. The fourth-order valence-electron chi connectivity index (χ4n) is 1.21. The van der Waals surface area contributed by atoms with Gasteiger partial charge in [-0.15, -0.1) is 0 Å². The quantitative estimate of drug-likeness (QED) is 0.805. The monoisotopic (exact) mass is 223 g/mol. The molecular weight excluding hydrogens is 202 g/mol. The molecule has 3 N–H and O–H groups in total. The van der Waals surface area contributed by atoms with Gasteiger partial charge in [-0.3, -0.25) is 0 Å². The summed E-state index contributed by atoms with van der Waals surface area (Å²) in [5, 5.41) is 9.78. The molecule has 1 rings (SSSR count). The van der Waals surface area contributed by atoms with Crippen molar-refractivity contribution in [3.05, 3.63) is 29.8 Å². The Morgan fingerprint density at radius 2 is 1.94 bits per heavy atom. The van der Waals surface area contributed by atoms with Gasteiger partial charge in [0.1, 0.15) is 12.4 Å². The van der Waals surface area contributed by atoms with Crippen molar-refractivity contribution >= 4 is 0 Å². The van der Waals surface area contributed by atoms with E-state index in [0.717, 1.165) is 11.3 Å². The van der Waals surface area contributed by atoms with Crippen LogP contribution < -0.4 is 10.5 Å². The van der Waals surface area contributed by atoms with Crippen LogP contribution in [0.5, 0.6) is 5.75 Å². The Kier molecular flexibility index (Phi) is 4.33. The van der Waals surface area contributed by atoms with Gasteiger partial charge >= 0.3 is 0 Å². The maximum atomic E-state index is 9.78. The Balaban J connectivity index is 2.56. The molecule has 0 aromatic heterocycles. The van der Waals surface area contributed by atoms with Crippen LogP contribution in [0.4, 0.5) is 0 Å². The van der Waals surface area contributed by atoms with Crippen LogP contribution in [0.15, 0.2) is 24.3 Å². The number of hydrogen-bond donors (Lipinski definition) is 2. The van der Waals surface area contributed by atoms with Gasteiger partial charge in [-0.2, -0.15) is 0 Å². The van der Waals surface area contributed by atoms with Crippen molar-refractivity contribution < 1.29 is 9.84 Å². The maximum Gasteiger partial charge on any atom is 0.119 e. The van der Waals surface area contributed by atoms with E-state index in [-0.39, 0.29) is 6.04 Å². The molecule has 90 valence electrons. The lowest BCUT2D eigenvalue weighted by Gasteiger charge is -2.21. The first kappa shape index (κ1) is 13.0. The van der Waals surface area contributed by atoms with E-state index in [1.165, 1.54) is 0 Å². The Morgan fingerprint density at radius 3 is 2.38 bits per heavy atom. The van der Waals surface area contributed by atoms with Crippen LogP contribution in [-0.4, -0.2) is 17.3 Å². The van der Waals surface area contributed by atoms with Crippen LogP contribution in [0.3, 0.4) is 0 Å². The lowest BCUT2D eigenvalue weighted by Crippen LogP contribution is -2.31. The fraction of sp³-hybridized carbons (Fsp3) is 0.538. The average Bonchev–Trinajstić information content (AvgIpc) is 2.27. The molecule has 0 bridgehead atoms. The normalized spacial score (nSPS) is 16.6. The molecule has 0 saturated heterocycles. The van der Waals surface area contributed by atoms with E-state index in [4.69, 9.17) is 10.5 Å². The maximum absolute atomic E-state index is 9.78. The van der Waals surface area contributed by atoms with Crippen LogP contribution >= 0.6 is 0 Å². The van der Waals surface area contributed by atoms with Gasteiger partial charge in [-0.25, -0.2) is 0 Å². The van der Waals surface area contributed by atoms with Gasteiger partial charge in [0.2, 0.25) is 0 Å². The summed E-state index contributed by atoms with van der Waals surface area (Å²) in [6.45, 7) is 5.95. The standard InChI is InChI=1S/C13H21NO2/c1-4-13(3,15)9-16-12-7-5-11(6-8-12)10(2)14/h5-8,10,15H,4,9,14H2,1-3H3/t10-,13?/m0/s1. The van der Waals surface area contributed by atoms with Crippen molar-refractivity contribution in [2.24, 2.45) is 5.73 Å². The van der Waals surface area contributed by atoms with Crippen molar-refractivity contribution in [1.82, 2.24) is 0 Å². The van der Waals surface area contributed by atoms with E-state index >= 15 is 0 Å². The Morgan fingerprint density at radius 1 is 1.38 bits per heavy atom. The van der Waals surface area contributed by atoms with E-state index in [1.54, 1.807) is 6.92 Å². The van der Waals surface area contributed by atoms with Crippen molar-refractivity contribution in [2.75, 3.05) is 6.61 Å². The predicted molar refractivity (Wildman–Crippen MR) is 65.5 cm³/mol. The van der Waals surface area contributed by atoms with E-state index in [1.807, 2.05) is 38.1 Å². The van der Waals surface area contributed by atoms with E-state index in [2.05, 4.69) is 0 Å². The molecule has 0 spiro atoms. The molecule has 1 aromatic carbocycles. The molecule has 0 aliphatic heterocycles. The van der Waals surface area contributed by atoms with E-state index in [0.29, 0.717) is 13.0 Å². The topological polar surface area (TPSA) is 55.5 Å². The summed E-state index contributed by atoms with van der Waals surface area (Å²) in [7, 11) is 0. The third kappa shape index (κ3) is 3.83. The van der Waals surface area contributed by atoms with Crippen LogP contribution in [0.25, 0.3) is 0 Å². The summed E-state index contributed by atoms with van der Waals surface area (Å²) in [6, 6.07) is 7.68. The van der Waals surface area contributed by atoms with Gasteiger partial charge in [-0.05, 0) is 38.0 Å². The molecule has 16 heavy (non-hydrogen) atoms. The third-order valence-corrected chi connectivity index (χ3v) is 2.72. The summed E-state index contributed by atoms with van der Waals surface area (Å²) in [4.78, 5) is 0. The smallest absolute Gasteiger partial charge is 0.119 e. The predicted octanol–water partition coefficient (Wildman–Crippen LogP) is 2.25. The molecule has 0 amide bonds. The number of ether oxygens (including phenoxy) is 1. The van der Waals surface area contributed by atoms with Gasteiger partial charge in [0.15, 0.2) is 0 Å². The van der Waals surface area contributed by atoms with E-state index < -0.39 is 5.60 Å². The highest BCUT2D eigenvalue weighted by atomic mass is 16.5. The third-order valence-electron chi connectivity index (χ3n) is 2.72. The number of aliphatic hydroxyl groups is 1. The fourth-order valence-corrected chi connectivity index (χ4v) is 1.21. The van der Waals surface area contributed by atoms with Crippen LogP contribution in [-0.2, 0) is 0 Å². The van der Waals surface area contributed by atoms with Crippen LogP contribution in [0.2, 0.25) is 0 Å². The zero-order valence-electron chi connectivity index (χ0n) is 10.2. The van der Waals surface area contributed by atoms with Crippen LogP contribution in [0, 0.1) is 0 Å². The molecular formula is C13H21NO2. The second-order valence-electron chi connectivity index (χ2n) is 4.50. The van der Waals surface area contributed by atoms with Gasteiger partial charge in [0, 0.05) is 6.04 Å². The minimum Gasteiger partial charge on any atom is -0.491 e. The second kappa shape index (κ2) is 5.32. The second-order valence-corrected chi connectivity index (χ2v) is 4.50. The minimum atomic E-state index is -0.764. The summed E-state index contributed by atoms with van der Waals surface area (Å²) >= 11 is 0. The first-order valence-corrected chi connectivity index (χ1v) is 5.65. The number of benzene rings is 1. The zero-order chi connectivity index (χ0) is 12.2. The number of hydrogen-bond acceptors (Lipinski definition) is 3. The summed E-state index contributed by atoms with van der Waals surface area (Å²) in [6.07, 6.45) is 0.672. The zero-order valence-corrected chi connectivity index (χ0v) is 10.2. The largest absolute Gasteiger partial charge is 0.491 e. The minimum absolute atomic E-state index is 0.0350. The number of rotatable bonds is 5. The molecule has 0 radical (unpaired) electrons. The molecule has 1 aromatic rings. The van der Waals surface area contributed by atoms with Gasteiger partial charge in [0.05, 0.1) is 5.60 Å². The Bertz CT molecular complexity index is 317. The highest BCUT2D eigenvalue weighted by molar-refractivity contribution is 5.28. The Hall–Kier alpha value is -1.06. The molecule has 3 heteroatoms. The molecule has 2 atom stereocenters. The first-order chi connectivity index (χ1) is 7.44.